The Morgan fingerprint density at radius 3 is 2.50 bits per heavy atom. The topological polar surface area (TPSA) is 59.4 Å². The largest absolute Gasteiger partial charge is 0.341 e. The molecule has 0 aromatic carbocycles. The maximum absolute atomic E-state index is 13.0. The molecule has 2 aromatic heterocycles. The third-order valence-electron chi connectivity index (χ3n) is 4.77. The summed E-state index contributed by atoms with van der Waals surface area (Å²) in [6.07, 6.45) is 6.48. The minimum atomic E-state index is -0.543. The van der Waals surface area contributed by atoms with Gasteiger partial charge < -0.3 is 4.90 Å². The van der Waals surface area contributed by atoms with Crippen molar-refractivity contribution >= 4 is 46.5 Å². The first-order valence-corrected chi connectivity index (χ1v) is 11.3. The second kappa shape index (κ2) is 8.57. The number of Topliss-reactive ketones (excluding diaryl/α,β-unsaturated/α-hetero) is 1. The third kappa shape index (κ3) is 4.89. The van der Waals surface area contributed by atoms with Crippen molar-refractivity contribution in [1.82, 2.24) is 9.47 Å². The highest BCUT2D eigenvalue weighted by atomic mass is 32.1. The Morgan fingerprint density at radius 2 is 1.89 bits per heavy atom. The number of hydrogen-bond acceptors (Lipinski definition) is 5. The molecule has 0 atom stereocenters. The molecule has 3 rings (SSSR count). The molecule has 1 amide bonds. The molecule has 0 N–H and O–H groups in total. The zero-order valence-electron chi connectivity index (χ0n) is 16.6. The lowest BCUT2D eigenvalue weighted by Gasteiger charge is -2.26. The molecule has 0 aliphatic carbocycles. The van der Waals surface area contributed by atoms with Crippen LogP contribution < -0.4 is 14.8 Å². The second-order valence-corrected chi connectivity index (χ2v) is 9.94. The summed E-state index contributed by atoms with van der Waals surface area (Å²) >= 11 is 2.83. The molecule has 7 heteroatoms. The van der Waals surface area contributed by atoms with Crippen LogP contribution in [0.3, 0.4) is 0 Å². The van der Waals surface area contributed by atoms with E-state index in [1.165, 1.54) is 22.0 Å². The first kappa shape index (κ1) is 20.7. The molecule has 3 heterocycles. The van der Waals surface area contributed by atoms with Crippen molar-refractivity contribution in [3.63, 3.8) is 0 Å². The Hall–Kier alpha value is -1.99. The van der Waals surface area contributed by atoms with Crippen LogP contribution in [0.25, 0.3) is 12.2 Å². The van der Waals surface area contributed by atoms with Gasteiger partial charge in [-0.2, -0.15) is 11.3 Å². The molecule has 0 saturated carbocycles. The summed E-state index contributed by atoms with van der Waals surface area (Å²) in [5.41, 5.74) is 0.194. The van der Waals surface area contributed by atoms with E-state index < -0.39 is 5.41 Å². The van der Waals surface area contributed by atoms with E-state index in [1.54, 1.807) is 11.3 Å². The maximum Gasteiger partial charge on any atom is 0.269 e. The van der Waals surface area contributed by atoms with Gasteiger partial charge in [0, 0.05) is 24.6 Å². The second-order valence-electron chi connectivity index (χ2n) is 8.10. The SMILES string of the molecule is CC(C)(C)C(=O)/C=c1\s/c(=C/c2ccsc2)c(=O)n1CC(=O)N1CCCCC1. The first-order valence-electron chi connectivity index (χ1n) is 9.53. The molecule has 0 spiro atoms. The highest BCUT2D eigenvalue weighted by Gasteiger charge is 2.21. The molecule has 1 aliphatic heterocycles. The Balaban J connectivity index is 2.04. The predicted octanol–water partition coefficient (Wildman–Crippen LogP) is 2.21. The lowest BCUT2D eigenvalue weighted by atomic mass is 9.91. The van der Waals surface area contributed by atoms with Crippen molar-refractivity contribution in [2.24, 2.45) is 5.41 Å². The van der Waals surface area contributed by atoms with Gasteiger partial charge in [-0.15, -0.1) is 11.3 Å². The molecule has 0 radical (unpaired) electrons. The Bertz CT molecular complexity index is 1020. The number of carbonyl (C=O) groups excluding carboxylic acids is 2. The monoisotopic (exact) mass is 418 g/mol. The number of thiophene rings is 1. The van der Waals surface area contributed by atoms with Crippen LogP contribution in [-0.4, -0.2) is 34.2 Å². The molecule has 1 fully saturated rings. The van der Waals surface area contributed by atoms with Crippen molar-refractivity contribution in [1.29, 1.82) is 0 Å². The van der Waals surface area contributed by atoms with E-state index in [4.69, 9.17) is 0 Å². The summed E-state index contributed by atoms with van der Waals surface area (Å²) < 4.78 is 2.54. The van der Waals surface area contributed by atoms with Gasteiger partial charge in [0.15, 0.2) is 5.78 Å². The van der Waals surface area contributed by atoms with Crippen LogP contribution in [0, 0.1) is 5.41 Å². The van der Waals surface area contributed by atoms with E-state index in [9.17, 15) is 14.4 Å². The molecule has 5 nitrogen and oxygen atoms in total. The molecule has 1 saturated heterocycles. The van der Waals surface area contributed by atoms with Crippen molar-refractivity contribution in [2.45, 2.75) is 46.6 Å². The minimum Gasteiger partial charge on any atom is -0.341 e. The van der Waals surface area contributed by atoms with E-state index in [2.05, 4.69) is 0 Å². The van der Waals surface area contributed by atoms with Crippen LogP contribution in [0.1, 0.15) is 45.6 Å². The number of thiazole rings is 1. The lowest BCUT2D eigenvalue weighted by Crippen LogP contribution is -2.42. The van der Waals surface area contributed by atoms with Gasteiger partial charge >= 0.3 is 0 Å². The number of nitrogens with zero attached hydrogens (tertiary/aromatic N) is 2. The summed E-state index contributed by atoms with van der Waals surface area (Å²) in [5.74, 6) is -0.116. The smallest absolute Gasteiger partial charge is 0.269 e. The lowest BCUT2D eigenvalue weighted by molar-refractivity contribution is -0.132. The number of carbonyl (C=O) groups is 2. The van der Waals surface area contributed by atoms with Gasteiger partial charge in [0.2, 0.25) is 5.91 Å². The fourth-order valence-electron chi connectivity index (χ4n) is 3.01. The molecule has 0 bridgehead atoms. The third-order valence-corrected chi connectivity index (χ3v) is 6.53. The minimum absolute atomic E-state index is 0.0178. The number of hydrogen-bond donors (Lipinski definition) is 0. The van der Waals surface area contributed by atoms with Crippen LogP contribution in [0.5, 0.6) is 0 Å². The summed E-state index contributed by atoms with van der Waals surface area (Å²) in [5, 5.41) is 3.92. The zero-order chi connectivity index (χ0) is 20.3. The summed E-state index contributed by atoms with van der Waals surface area (Å²) in [4.78, 5) is 40.1. The van der Waals surface area contributed by atoms with Crippen LogP contribution >= 0.6 is 22.7 Å². The van der Waals surface area contributed by atoms with E-state index in [0.717, 1.165) is 37.9 Å². The van der Waals surface area contributed by atoms with Gasteiger partial charge in [-0.3, -0.25) is 19.0 Å². The van der Waals surface area contributed by atoms with Gasteiger partial charge in [0.1, 0.15) is 11.2 Å². The number of amides is 1. The fourth-order valence-corrected chi connectivity index (χ4v) is 4.67. The van der Waals surface area contributed by atoms with Crippen molar-refractivity contribution < 1.29 is 9.59 Å². The number of ketones is 1. The quantitative estimate of drug-likeness (QED) is 0.765. The zero-order valence-corrected chi connectivity index (χ0v) is 18.2. The number of aromatic nitrogens is 1. The normalized spacial score (nSPS) is 16.6. The molecular formula is C21H26N2O3S2. The average Bonchev–Trinajstić information content (AvgIpc) is 3.26. The Kier molecular flexibility index (Phi) is 6.35. The van der Waals surface area contributed by atoms with E-state index in [1.807, 2.05) is 48.6 Å². The summed E-state index contributed by atoms with van der Waals surface area (Å²) in [7, 11) is 0. The molecule has 2 aromatic rings. The van der Waals surface area contributed by atoms with Gasteiger partial charge in [-0.05, 0) is 47.7 Å². The summed E-state index contributed by atoms with van der Waals surface area (Å²) in [6.45, 7) is 7.00. The van der Waals surface area contributed by atoms with Gasteiger partial charge in [0.05, 0.1) is 4.53 Å². The predicted molar refractivity (Wildman–Crippen MR) is 115 cm³/mol. The number of likely N-dealkylation sites (tertiary alicyclic amines) is 1. The van der Waals surface area contributed by atoms with E-state index in [0.29, 0.717) is 9.20 Å². The molecule has 1 aliphatic rings. The van der Waals surface area contributed by atoms with Crippen LogP contribution in [-0.2, 0) is 16.1 Å². The molecule has 150 valence electrons. The molecular weight excluding hydrogens is 392 g/mol. The molecule has 28 heavy (non-hydrogen) atoms. The highest BCUT2D eigenvalue weighted by molar-refractivity contribution is 7.08. The van der Waals surface area contributed by atoms with Crippen molar-refractivity contribution in [3.8, 4) is 0 Å². The Morgan fingerprint density at radius 1 is 1.18 bits per heavy atom. The molecule has 0 unspecified atom stereocenters. The van der Waals surface area contributed by atoms with Crippen molar-refractivity contribution in [3.05, 3.63) is 41.9 Å². The standard InChI is InChI=1S/C21H26N2O3S2/c1-21(2,3)17(24)12-19-23(13-18(25)22-8-5-4-6-9-22)20(26)16(28-19)11-15-7-10-27-14-15/h7,10-12,14H,4-6,8-9,13H2,1-3H3/b16-11+,19-12-. The van der Waals surface area contributed by atoms with E-state index in [-0.39, 0.29) is 23.8 Å². The fraction of sp³-hybridized carbons (Fsp3) is 0.476. The Labute approximate surface area is 172 Å². The van der Waals surface area contributed by atoms with Gasteiger partial charge in [-0.25, -0.2) is 0 Å². The average molecular weight is 419 g/mol. The number of piperidine rings is 1. The van der Waals surface area contributed by atoms with Crippen LogP contribution in [0.2, 0.25) is 0 Å². The van der Waals surface area contributed by atoms with Crippen LogP contribution in [0.4, 0.5) is 0 Å². The van der Waals surface area contributed by atoms with E-state index >= 15 is 0 Å². The summed E-state index contributed by atoms with van der Waals surface area (Å²) in [6, 6.07) is 1.94. The number of rotatable bonds is 4. The maximum atomic E-state index is 13.0. The van der Waals surface area contributed by atoms with Gasteiger partial charge in [0.25, 0.3) is 5.56 Å². The van der Waals surface area contributed by atoms with Crippen LogP contribution in [0.15, 0.2) is 21.6 Å². The highest BCUT2D eigenvalue weighted by Crippen LogP contribution is 2.15. The van der Waals surface area contributed by atoms with Gasteiger partial charge in [-0.1, -0.05) is 20.8 Å². The first-order chi connectivity index (χ1) is 13.3. The van der Waals surface area contributed by atoms with Crippen molar-refractivity contribution in [2.75, 3.05) is 13.1 Å².